The van der Waals surface area contributed by atoms with Crippen molar-refractivity contribution in [2.45, 2.75) is 64.6 Å². The Morgan fingerprint density at radius 3 is 2.21 bits per heavy atom. The summed E-state index contributed by atoms with van der Waals surface area (Å²) in [4.78, 5) is 0. The first-order valence-electron chi connectivity index (χ1n) is 11.0. The van der Waals surface area contributed by atoms with Crippen LogP contribution in [0, 0.1) is 22.7 Å². The lowest BCUT2D eigenvalue weighted by Gasteiger charge is -2.39. The minimum Gasteiger partial charge on any atom is -0.385 e. The molecule has 7 atom stereocenters. The zero-order valence-corrected chi connectivity index (χ0v) is 17.6. The van der Waals surface area contributed by atoms with Crippen molar-refractivity contribution in [1.29, 1.82) is 0 Å². The molecule has 0 aromatic heterocycles. The van der Waals surface area contributed by atoms with Gasteiger partial charge in [0.2, 0.25) is 0 Å². The normalized spacial score (nSPS) is 36.7. The van der Waals surface area contributed by atoms with Crippen molar-refractivity contribution in [3.63, 3.8) is 0 Å². The summed E-state index contributed by atoms with van der Waals surface area (Å²) in [7, 11) is 0. The largest absolute Gasteiger partial charge is 0.385 e. The molecule has 2 bridgehead atoms. The molecule has 1 N–H and O–H groups in total. The lowest BCUT2D eigenvalue weighted by molar-refractivity contribution is -0.206. The van der Waals surface area contributed by atoms with Gasteiger partial charge in [0.15, 0.2) is 6.29 Å². The number of aliphatic hydroxyl groups excluding tert-OH is 1. The van der Waals surface area contributed by atoms with Crippen LogP contribution in [-0.4, -0.2) is 17.5 Å². The summed E-state index contributed by atoms with van der Waals surface area (Å²) in [5.41, 5.74) is 2.41. The number of ether oxygens (including phenoxy) is 2. The molecule has 2 aromatic rings. The molecule has 0 spiro atoms. The average molecular weight is 393 g/mol. The first-order chi connectivity index (χ1) is 13.9. The molecule has 3 nitrogen and oxygen atoms in total. The molecule has 154 valence electrons. The lowest BCUT2D eigenvalue weighted by atomic mass is 9.70. The fourth-order valence-electron chi connectivity index (χ4n) is 6.54. The maximum Gasteiger partial charge on any atom is 0.159 e. The van der Waals surface area contributed by atoms with E-state index in [2.05, 4.69) is 20.8 Å². The molecular formula is C26H32O3. The van der Waals surface area contributed by atoms with Gasteiger partial charge in [0.05, 0.1) is 6.10 Å². The van der Waals surface area contributed by atoms with Gasteiger partial charge in [-0.25, -0.2) is 0 Å². The third kappa shape index (κ3) is 2.90. The predicted molar refractivity (Wildman–Crippen MR) is 113 cm³/mol. The van der Waals surface area contributed by atoms with E-state index in [1.807, 2.05) is 60.7 Å². The summed E-state index contributed by atoms with van der Waals surface area (Å²) < 4.78 is 13.1. The summed E-state index contributed by atoms with van der Waals surface area (Å²) >= 11 is 0. The number of rotatable bonds is 5. The Morgan fingerprint density at radius 2 is 1.59 bits per heavy atom. The SMILES string of the molecule is CC1(C)[C@@H]2CC[C@@]1(C)[C@@H]1O[C@@H](O[C@@H](c3ccccc3)C(O)c3ccccc3)C[C@H]21. The summed E-state index contributed by atoms with van der Waals surface area (Å²) in [5.74, 6) is 1.28. The molecule has 1 aliphatic heterocycles. The molecular weight excluding hydrogens is 360 g/mol. The first kappa shape index (κ1) is 19.3. The van der Waals surface area contributed by atoms with Crippen LogP contribution in [0.15, 0.2) is 60.7 Å². The molecule has 2 aliphatic carbocycles. The zero-order chi connectivity index (χ0) is 20.2. The van der Waals surface area contributed by atoms with Crippen LogP contribution in [0.25, 0.3) is 0 Å². The summed E-state index contributed by atoms with van der Waals surface area (Å²) in [6, 6.07) is 19.8. The minimum absolute atomic E-state index is 0.223. The smallest absolute Gasteiger partial charge is 0.159 e. The topological polar surface area (TPSA) is 38.7 Å². The van der Waals surface area contributed by atoms with E-state index in [1.165, 1.54) is 12.8 Å². The van der Waals surface area contributed by atoms with E-state index in [1.54, 1.807) is 0 Å². The molecule has 1 saturated heterocycles. The van der Waals surface area contributed by atoms with Crippen LogP contribution < -0.4 is 0 Å². The van der Waals surface area contributed by atoms with Crippen molar-refractivity contribution in [2.24, 2.45) is 22.7 Å². The first-order valence-corrected chi connectivity index (χ1v) is 11.0. The molecule has 3 fully saturated rings. The Balaban J connectivity index is 1.39. The van der Waals surface area contributed by atoms with Gasteiger partial charge in [0, 0.05) is 6.42 Å². The molecule has 5 rings (SSSR count). The van der Waals surface area contributed by atoms with Crippen LogP contribution in [0.1, 0.15) is 63.4 Å². The third-order valence-corrected chi connectivity index (χ3v) is 8.52. The van der Waals surface area contributed by atoms with E-state index in [0.717, 1.165) is 17.5 Å². The van der Waals surface area contributed by atoms with Crippen LogP contribution in [0.2, 0.25) is 0 Å². The highest BCUT2D eigenvalue weighted by Gasteiger charge is 2.69. The standard InChI is InChI=1S/C26H32O3/c1-25(2)20-14-15-26(25,3)24-19(20)16-21(29-24)28-23(18-12-8-5-9-13-18)22(27)17-10-6-4-7-11-17/h4-13,19-24,27H,14-16H2,1-3H3/t19-,20-,21-,22?,23+,24-,26+/m1/s1. The van der Waals surface area contributed by atoms with Crippen molar-refractivity contribution in [3.8, 4) is 0 Å². The molecule has 0 radical (unpaired) electrons. The predicted octanol–water partition coefficient (Wildman–Crippen LogP) is 5.67. The Labute approximate surface area is 174 Å². The number of hydrogen-bond donors (Lipinski definition) is 1. The van der Waals surface area contributed by atoms with Gasteiger partial charge >= 0.3 is 0 Å². The van der Waals surface area contributed by atoms with Gasteiger partial charge < -0.3 is 14.6 Å². The van der Waals surface area contributed by atoms with Gasteiger partial charge in [0.1, 0.15) is 12.2 Å². The van der Waals surface area contributed by atoms with Crippen LogP contribution >= 0.6 is 0 Å². The highest BCUT2D eigenvalue weighted by atomic mass is 16.7. The zero-order valence-electron chi connectivity index (χ0n) is 17.6. The highest BCUT2D eigenvalue weighted by molar-refractivity contribution is 5.25. The van der Waals surface area contributed by atoms with E-state index in [4.69, 9.17) is 9.47 Å². The molecule has 0 amide bonds. The minimum atomic E-state index is -0.730. The average Bonchev–Trinajstić information content (AvgIpc) is 3.31. The second-order valence-corrected chi connectivity index (χ2v) is 9.99. The van der Waals surface area contributed by atoms with E-state index in [9.17, 15) is 5.11 Å². The van der Waals surface area contributed by atoms with Gasteiger partial charge in [-0.3, -0.25) is 0 Å². The van der Waals surface area contributed by atoms with Crippen molar-refractivity contribution in [3.05, 3.63) is 71.8 Å². The van der Waals surface area contributed by atoms with Gasteiger partial charge in [-0.15, -0.1) is 0 Å². The molecule has 3 heteroatoms. The third-order valence-electron chi connectivity index (χ3n) is 8.52. The fraction of sp³-hybridized carbons (Fsp3) is 0.538. The Morgan fingerprint density at radius 1 is 0.966 bits per heavy atom. The molecule has 3 aliphatic rings. The molecule has 2 aromatic carbocycles. The quantitative estimate of drug-likeness (QED) is 0.713. The number of hydrogen-bond acceptors (Lipinski definition) is 3. The maximum atomic E-state index is 11.2. The Hall–Kier alpha value is -1.68. The summed E-state index contributed by atoms with van der Waals surface area (Å²) in [6.07, 6.45) is 2.31. The lowest BCUT2D eigenvalue weighted by Crippen LogP contribution is -2.38. The van der Waals surface area contributed by atoms with Crippen LogP contribution in [0.4, 0.5) is 0 Å². The number of fused-ring (bicyclic) bond motifs is 5. The van der Waals surface area contributed by atoms with E-state index in [0.29, 0.717) is 17.3 Å². The van der Waals surface area contributed by atoms with Gasteiger partial charge in [-0.05, 0) is 46.6 Å². The number of benzene rings is 2. The van der Waals surface area contributed by atoms with Crippen LogP contribution in [0.5, 0.6) is 0 Å². The fourth-order valence-corrected chi connectivity index (χ4v) is 6.54. The van der Waals surface area contributed by atoms with Gasteiger partial charge in [0.25, 0.3) is 0 Å². The van der Waals surface area contributed by atoms with Crippen molar-refractivity contribution >= 4 is 0 Å². The second kappa shape index (κ2) is 6.94. The van der Waals surface area contributed by atoms with Gasteiger partial charge in [-0.2, -0.15) is 0 Å². The number of aliphatic hydroxyl groups is 1. The monoisotopic (exact) mass is 392 g/mol. The summed E-state index contributed by atoms with van der Waals surface area (Å²) in [6.45, 7) is 7.26. The Kier molecular flexibility index (Phi) is 4.62. The van der Waals surface area contributed by atoms with E-state index >= 15 is 0 Å². The van der Waals surface area contributed by atoms with E-state index in [-0.39, 0.29) is 17.8 Å². The maximum absolute atomic E-state index is 11.2. The van der Waals surface area contributed by atoms with Crippen molar-refractivity contribution in [1.82, 2.24) is 0 Å². The van der Waals surface area contributed by atoms with Crippen molar-refractivity contribution in [2.75, 3.05) is 0 Å². The Bertz CT molecular complexity index is 849. The van der Waals surface area contributed by atoms with Gasteiger partial charge in [-0.1, -0.05) is 81.4 Å². The molecule has 2 saturated carbocycles. The highest BCUT2D eigenvalue weighted by Crippen LogP contribution is 2.71. The molecule has 1 unspecified atom stereocenters. The van der Waals surface area contributed by atoms with Crippen LogP contribution in [-0.2, 0) is 9.47 Å². The van der Waals surface area contributed by atoms with E-state index < -0.39 is 12.2 Å². The molecule has 1 heterocycles. The van der Waals surface area contributed by atoms with Crippen LogP contribution in [0.3, 0.4) is 0 Å². The summed E-state index contributed by atoms with van der Waals surface area (Å²) in [5, 5.41) is 11.2. The van der Waals surface area contributed by atoms with Crippen molar-refractivity contribution < 1.29 is 14.6 Å². The molecule has 29 heavy (non-hydrogen) atoms. The second-order valence-electron chi connectivity index (χ2n) is 9.99.